The molecule has 0 amide bonds. The Morgan fingerprint density at radius 2 is 1.75 bits per heavy atom. The van der Waals surface area contributed by atoms with Gasteiger partial charge in [-0.25, -0.2) is 8.78 Å². The lowest BCUT2D eigenvalue weighted by atomic mass is 9.79. The van der Waals surface area contributed by atoms with Gasteiger partial charge in [0.2, 0.25) is 0 Å². The monoisotopic (exact) mass is 327 g/mol. The average molecular weight is 327 g/mol. The van der Waals surface area contributed by atoms with Crippen LogP contribution in [-0.2, 0) is 0 Å². The van der Waals surface area contributed by atoms with E-state index in [2.05, 4.69) is 6.92 Å². The second-order valence-electron chi connectivity index (χ2n) is 6.66. The van der Waals surface area contributed by atoms with E-state index in [1.54, 1.807) is 12.1 Å². The Balaban J connectivity index is 1.92. The van der Waals surface area contributed by atoms with Crippen molar-refractivity contribution in [3.05, 3.63) is 53.1 Å². The van der Waals surface area contributed by atoms with Crippen LogP contribution in [0.3, 0.4) is 0 Å². The van der Waals surface area contributed by atoms with Crippen molar-refractivity contribution in [2.75, 3.05) is 0 Å². The standard InChI is InChI=1S/C20H19F2NO/c1-12-2-4-13(5-3-12)14-6-7-16(18(21)8-14)15-9-19(22)17(11-23)20(24)10-15/h6-10,12-13,24H,2-5H2,1H3. The molecule has 3 rings (SSSR count). The zero-order valence-corrected chi connectivity index (χ0v) is 13.5. The number of halogens is 2. The van der Waals surface area contributed by atoms with E-state index in [0.717, 1.165) is 43.2 Å². The Morgan fingerprint density at radius 3 is 2.33 bits per heavy atom. The van der Waals surface area contributed by atoms with Crippen molar-refractivity contribution in [3.8, 4) is 22.9 Å². The molecule has 4 heteroatoms. The number of phenolic OH excluding ortho intramolecular Hbond substituents is 1. The molecule has 2 aromatic rings. The minimum absolute atomic E-state index is 0.224. The number of hydrogen-bond donors (Lipinski definition) is 1. The second-order valence-corrected chi connectivity index (χ2v) is 6.66. The molecule has 0 spiro atoms. The Bertz CT molecular complexity index is 779. The van der Waals surface area contributed by atoms with E-state index in [9.17, 15) is 13.9 Å². The van der Waals surface area contributed by atoms with Crippen LogP contribution in [0.5, 0.6) is 5.75 Å². The SMILES string of the molecule is CC1CCC(c2ccc(-c3cc(O)c(C#N)c(F)c3)c(F)c2)CC1. The Labute approximate surface area is 140 Å². The lowest BCUT2D eigenvalue weighted by Crippen LogP contribution is -2.11. The summed E-state index contributed by atoms with van der Waals surface area (Å²) in [7, 11) is 0. The summed E-state index contributed by atoms with van der Waals surface area (Å²) in [6.45, 7) is 2.24. The molecule has 0 aliphatic heterocycles. The lowest BCUT2D eigenvalue weighted by Gasteiger charge is -2.26. The first-order valence-electron chi connectivity index (χ1n) is 8.22. The third kappa shape index (κ3) is 3.12. The predicted molar refractivity (Wildman–Crippen MR) is 88.5 cm³/mol. The van der Waals surface area contributed by atoms with Crippen molar-refractivity contribution in [2.45, 2.75) is 38.5 Å². The molecule has 1 aliphatic rings. The maximum atomic E-state index is 14.5. The number of aromatic hydroxyl groups is 1. The van der Waals surface area contributed by atoms with Gasteiger partial charge >= 0.3 is 0 Å². The minimum Gasteiger partial charge on any atom is -0.506 e. The van der Waals surface area contributed by atoms with Gasteiger partial charge in [0, 0.05) is 5.56 Å². The quantitative estimate of drug-likeness (QED) is 0.791. The Morgan fingerprint density at radius 1 is 1.04 bits per heavy atom. The molecule has 1 saturated carbocycles. The summed E-state index contributed by atoms with van der Waals surface area (Å²) in [6, 6.07) is 8.93. The van der Waals surface area contributed by atoms with Gasteiger partial charge in [0.05, 0.1) is 0 Å². The van der Waals surface area contributed by atoms with Gasteiger partial charge in [0.25, 0.3) is 0 Å². The fraction of sp³-hybridized carbons (Fsp3) is 0.350. The van der Waals surface area contributed by atoms with Gasteiger partial charge in [-0.1, -0.05) is 31.9 Å². The van der Waals surface area contributed by atoms with Crippen LogP contribution in [0.15, 0.2) is 30.3 Å². The molecular formula is C20H19F2NO. The molecule has 24 heavy (non-hydrogen) atoms. The molecule has 1 aliphatic carbocycles. The summed E-state index contributed by atoms with van der Waals surface area (Å²) >= 11 is 0. The molecule has 0 unspecified atom stereocenters. The topological polar surface area (TPSA) is 44.0 Å². The van der Waals surface area contributed by atoms with E-state index < -0.39 is 22.9 Å². The summed E-state index contributed by atoms with van der Waals surface area (Å²) in [5, 5.41) is 18.5. The second kappa shape index (κ2) is 6.60. The largest absolute Gasteiger partial charge is 0.506 e. The maximum Gasteiger partial charge on any atom is 0.145 e. The van der Waals surface area contributed by atoms with Crippen LogP contribution >= 0.6 is 0 Å². The molecule has 0 aromatic heterocycles. The summed E-state index contributed by atoms with van der Waals surface area (Å²) in [4.78, 5) is 0. The molecule has 0 heterocycles. The summed E-state index contributed by atoms with van der Waals surface area (Å²) in [5.74, 6) is -0.657. The van der Waals surface area contributed by atoms with E-state index in [1.807, 2.05) is 6.07 Å². The molecule has 0 saturated heterocycles. The first kappa shape index (κ1) is 16.4. The highest BCUT2D eigenvalue weighted by atomic mass is 19.1. The Hall–Kier alpha value is -2.41. The lowest BCUT2D eigenvalue weighted by molar-refractivity contribution is 0.347. The van der Waals surface area contributed by atoms with E-state index >= 15 is 0 Å². The molecule has 0 atom stereocenters. The van der Waals surface area contributed by atoms with Crippen molar-refractivity contribution in [1.82, 2.24) is 0 Å². The highest BCUT2D eigenvalue weighted by Crippen LogP contribution is 2.37. The highest BCUT2D eigenvalue weighted by Gasteiger charge is 2.21. The van der Waals surface area contributed by atoms with E-state index in [0.29, 0.717) is 5.92 Å². The van der Waals surface area contributed by atoms with Crippen LogP contribution in [-0.4, -0.2) is 5.11 Å². The van der Waals surface area contributed by atoms with Crippen molar-refractivity contribution in [2.24, 2.45) is 5.92 Å². The number of nitriles is 1. The zero-order valence-electron chi connectivity index (χ0n) is 13.5. The summed E-state index contributed by atoms with van der Waals surface area (Å²) in [6.07, 6.45) is 4.43. The fourth-order valence-corrected chi connectivity index (χ4v) is 3.47. The summed E-state index contributed by atoms with van der Waals surface area (Å²) < 4.78 is 28.4. The number of nitrogens with zero attached hydrogens (tertiary/aromatic N) is 1. The molecule has 0 bridgehead atoms. The van der Waals surface area contributed by atoms with Crippen molar-refractivity contribution in [3.63, 3.8) is 0 Å². The van der Waals surface area contributed by atoms with E-state index in [4.69, 9.17) is 5.26 Å². The highest BCUT2D eigenvalue weighted by molar-refractivity contribution is 5.68. The van der Waals surface area contributed by atoms with Crippen molar-refractivity contribution < 1.29 is 13.9 Å². The smallest absolute Gasteiger partial charge is 0.145 e. The zero-order chi connectivity index (χ0) is 17.3. The number of hydrogen-bond acceptors (Lipinski definition) is 2. The molecule has 1 N–H and O–H groups in total. The van der Waals surface area contributed by atoms with Crippen LogP contribution in [0.2, 0.25) is 0 Å². The van der Waals surface area contributed by atoms with Gasteiger partial charge in [0.1, 0.15) is 29.0 Å². The Kier molecular flexibility index (Phi) is 4.53. The summed E-state index contributed by atoms with van der Waals surface area (Å²) in [5.41, 5.74) is 1.00. The van der Waals surface area contributed by atoms with Crippen LogP contribution in [0, 0.1) is 28.9 Å². The number of phenols is 1. The molecule has 1 fully saturated rings. The van der Waals surface area contributed by atoms with E-state index in [-0.39, 0.29) is 11.1 Å². The molecule has 2 nitrogen and oxygen atoms in total. The van der Waals surface area contributed by atoms with Gasteiger partial charge in [0.15, 0.2) is 0 Å². The number of rotatable bonds is 2. The maximum absolute atomic E-state index is 14.5. The molecule has 0 radical (unpaired) electrons. The van der Waals surface area contributed by atoms with Crippen LogP contribution in [0.1, 0.15) is 49.7 Å². The molecule has 124 valence electrons. The fourth-order valence-electron chi connectivity index (χ4n) is 3.47. The van der Waals surface area contributed by atoms with Crippen LogP contribution in [0.25, 0.3) is 11.1 Å². The van der Waals surface area contributed by atoms with Gasteiger partial charge in [-0.2, -0.15) is 5.26 Å². The van der Waals surface area contributed by atoms with Gasteiger partial charge in [-0.15, -0.1) is 0 Å². The third-order valence-electron chi connectivity index (χ3n) is 4.97. The minimum atomic E-state index is -0.850. The first-order valence-corrected chi connectivity index (χ1v) is 8.22. The molecular weight excluding hydrogens is 308 g/mol. The van der Waals surface area contributed by atoms with E-state index in [1.165, 1.54) is 12.1 Å². The van der Waals surface area contributed by atoms with Gasteiger partial charge < -0.3 is 5.11 Å². The third-order valence-corrected chi connectivity index (χ3v) is 4.97. The van der Waals surface area contributed by atoms with Gasteiger partial charge in [-0.3, -0.25) is 0 Å². The average Bonchev–Trinajstić information content (AvgIpc) is 2.55. The normalized spacial score (nSPS) is 20.6. The first-order chi connectivity index (χ1) is 11.5. The predicted octanol–water partition coefficient (Wildman–Crippen LogP) is 5.50. The molecule has 2 aromatic carbocycles. The van der Waals surface area contributed by atoms with Crippen LogP contribution < -0.4 is 0 Å². The van der Waals surface area contributed by atoms with Crippen molar-refractivity contribution >= 4 is 0 Å². The van der Waals surface area contributed by atoms with Crippen LogP contribution in [0.4, 0.5) is 8.78 Å². The van der Waals surface area contributed by atoms with Gasteiger partial charge in [-0.05, 0) is 54.0 Å². The van der Waals surface area contributed by atoms with Crippen molar-refractivity contribution in [1.29, 1.82) is 5.26 Å². The number of benzene rings is 2.